The molecule has 1 amide bonds. The van der Waals surface area contributed by atoms with E-state index in [0.29, 0.717) is 11.6 Å². The molecule has 1 N–H and O–H groups in total. The summed E-state index contributed by atoms with van der Waals surface area (Å²) in [6.45, 7) is 1.47. The lowest BCUT2D eigenvalue weighted by molar-refractivity contribution is 0.0785. The van der Waals surface area contributed by atoms with Crippen molar-refractivity contribution < 1.29 is 4.79 Å². The molecule has 4 aromatic rings. The lowest BCUT2D eigenvalue weighted by Crippen LogP contribution is -2.28. The van der Waals surface area contributed by atoms with E-state index in [1.54, 1.807) is 0 Å². The first-order chi connectivity index (χ1) is 13.7. The van der Waals surface area contributed by atoms with Gasteiger partial charge in [0.25, 0.3) is 5.91 Å². The molecule has 6 nitrogen and oxygen atoms in total. The van der Waals surface area contributed by atoms with Crippen LogP contribution in [0.1, 0.15) is 28.4 Å². The Morgan fingerprint density at radius 1 is 1.14 bits per heavy atom. The Labute approximate surface area is 162 Å². The van der Waals surface area contributed by atoms with Crippen molar-refractivity contribution in [2.75, 3.05) is 13.1 Å². The van der Waals surface area contributed by atoms with Crippen LogP contribution >= 0.6 is 0 Å². The van der Waals surface area contributed by atoms with Crippen LogP contribution in [0.25, 0.3) is 22.0 Å². The number of rotatable bonds is 3. The summed E-state index contributed by atoms with van der Waals surface area (Å²) in [6, 6.07) is 16.3. The monoisotopic (exact) mass is 371 g/mol. The summed E-state index contributed by atoms with van der Waals surface area (Å²) >= 11 is 0. The third kappa shape index (κ3) is 2.97. The van der Waals surface area contributed by atoms with Crippen molar-refractivity contribution in [3.05, 3.63) is 72.2 Å². The topological polar surface area (TPSA) is 66.8 Å². The van der Waals surface area contributed by atoms with Gasteiger partial charge in [-0.3, -0.25) is 14.6 Å². The molecule has 1 aliphatic heterocycles. The Morgan fingerprint density at radius 2 is 2.00 bits per heavy atom. The Kier molecular flexibility index (Phi) is 3.97. The van der Waals surface area contributed by atoms with Crippen molar-refractivity contribution in [3.63, 3.8) is 0 Å². The number of hydrogen-bond acceptors (Lipinski definition) is 3. The van der Waals surface area contributed by atoms with E-state index in [1.165, 1.54) is 10.9 Å². The second-order valence-corrected chi connectivity index (χ2v) is 7.41. The first-order valence-corrected chi connectivity index (χ1v) is 9.50. The molecular formula is C22H21N5O. The molecule has 1 unspecified atom stereocenters. The highest BCUT2D eigenvalue weighted by Crippen LogP contribution is 2.28. The summed E-state index contributed by atoms with van der Waals surface area (Å²) in [5.41, 5.74) is 3.52. The summed E-state index contributed by atoms with van der Waals surface area (Å²) in [7, 11) is 1.92. The second-order valence-electron chi connectivity index (χ2n) is 7.41. The van der Waals surface area contributed by atoms with Crippen LogP contribution in [0, 0.1) is 0 Å². The van der Waals surface area contributed by atoms with E-state index < -0.39 is 0 Å². The molecule has 0 bridgehead atoms. The standard InChI is InChI=1S/C22H21N5O/c1-26-13-19(12-23-26)18-8-9-27(14-18)22(28)21-11-20(24-25-21)17-7-6-15-4-2-3-5-16(15)10-17/h2-7,10-13,18H,8-9,14H2,1H3,(H,24,25). The van der Waals surface area contributed by atoms with Gasteiger partial charge in [0.05, 0.1) is 11.9 Å². The van der Waals surface area contributed by atoms with Crippen molar-refractivity contribution in [1.82, 2.24) is 24.9 Å². The number of nitrogens with one attached hydrogen (secondary N) is 1. The van der Waals surface area contributed by atoms with E-state index in [9.17, 15) is 4.79 Å². The summed E-state index contributed by atoms with van der Waals surface area (Å²) < 4.78 is 1.81. The molecule has 140 valence electrons. The third-order valence-corrected chi connectivity index (χ3v) is 5.53. The van der Waals surface area contributed by atoms with E-state index in [0.717, 1.165) is 36.2 Å². The van der Waals surface area contributed by atoms with Gasteiger partial charge in [-0.1, -0.05) is 36.4 Å². The maximum Gasteiger partial charge on any atom is 0.271 e. The van der Waals surface area contributed by atoms with Crippen LogP contribution in [-0.4, -0.2) is 43.9 Å². The first kappa shape index (κ1) is 16.7. The highest BCUT2D eigenvalue weighted by Gasteiger charge is 2.29. The van der Waals surface area contributed by atoms with Crippen molar-refractivity contribution in [2.45, 2.75) is 12.3 Å². The molecule has 6 heteroatoms. The molecule has 2 aromatic heterocycles. The zero-order valence-corrected chi connectivity index (χ0v) is 15.7. The van der Waals surface area contributed by atoms with Gasteiger partial charge in [0, 0.05) is 37.8 Å². The van der Waals surface area contributed by atoms with Gasteiger partial charge in [-0.25, -0.2) is 0 Å². The van der Waals surface area contributed by atoms with Crippen molar-refractivity contribution in [2.24, 2.45) is 7.05 Å². The van der Waals surface area contributed by atoms with Crippen LogP contribution in [0.15, 0.2) is 60.9 Å². The molecule has 28 heavy (non-hydrogen) atoms. The van der Waals surface area contributed by atoms with E-state index >= 15 is 0 Å². The van der Waals surface area contributed by atoms with Crippen molar-refractivity contribution >= 4 is 16.7 Å². The average molecular weight is 371 g/mol. The molecule has 0 spiro atoms. The number of aromatic amines is 1. The molecule has 1 saturated heterocycles. The molecule has 3 heterocycles. The maximum atomic E-state index is 12.9. The number of likely N-dealkylation sites (tertiary alicyclic amines) is 1. The lowest BCUT2D eigenvalue weighted by atomic mass is 10.0. The number of nitrogens with zero attached hydrogens (tertiary/aromatic N) is 4. The smallest absolute Gasteiger partial charge is 0.271 e. The largest absolute Gasteiger partial charge is 0.337 e. The fourth-order valence-corrected chi connectivity index (χ4v) is 3.97. The van der Waals surface area contributed by atoms with Crippen LogP contribution < -0.4 is 0 Å². The highest BCUT2D eigenvalue weighted by molar-refractivity contribution is 5.94. The summed E-state index contributed by atoms with van der Waals surface area (Å²) in [6.07, 6.45) is 4.89. The number of fused-ring (bicyclic) bond motifs is 1. The van der Waals surface area contributed by atoms with Crippen LogP contribution in [0.3, 0.4) is 0 Å². The van der Waals surface area contributed by atoms with Gasteiger partial charge < -0.3 is 4.90 Å². The summed E-state index contributed by atoms with van der Waals surface area (Å²) in [4.78, 5) is 14.8. The molecule has 1 fully saturated rings. The van der Waals surface area contributed by atoms with E-state index in [-0.39, 0.29) is 5.91 Å². The van der Waals surface area contributed by atoms with Gasteiger partial charge in [0.2, 0.25) is 0 Å². The molecular weight excluding hydrogens is 350 g/mol. The molecule has 0 radical (unpaired) electrons. The molecule has 2 aromatic carbocycles. The molecule has 0 aliphatic carbocycles. The van der Waals surface area contributed by atoms with Gasteiger partial charge in [-0.15, -0.1) is 0 Å². The van der Waals surface area contributed by atoms with Crippen LogP contribution in [-0.2, 0) is 7.05 Å². The Balaban J connectivity index is 1.34. The number of carbonyl (C=O) groups is 1. The fraction of sp³-hybridized carbons (Fsp3) is 0.227. The summed E-state index contributed by atoms with van der Waals surface area (Å²) in [5, 5.41) is 13.9. The minimum atomic E-state index is 0.00549. The third-order valence-electron chi connectivity index (χ3n) is 5.53. The number of carbonyl (C=O) groups excluding carboxylic acids is 1. The molecule has 5 rings (SSSR count). The second kappa shape index (κ2) is 6.64. The van der Waals surface area contributed by atoms with Crippen LogP contribution in [0.2, 0.25) is 0 Å². The van der Waals surface area contributed by atoms with Crippen molar-refractivity contribution in [1.29, 1.82) is 0 Å². The minimum Gasteiger partial charge on any atom is -0.337 e. The fourth-order valence-electron chi connectivity index (χ4n) is 3.97. The number of H-pyrrole nitrogens is 1. The summed E-state index contributed by atoms with van der Waals surface area (Å²) in [5.74, 6) is 0.353. The Morgan fingerprint density at radius 3 is 2.82 bits per heavy atom. The number of amides is 1. The molecule has 1 aliphatic rings. The molecule has 0 saturated carbocycles. The number of aryl methyl sites for hydroxylation is 1. The van der Waals surface area contributed by atoms with Gasteiger partial charge in [0.1, 0.15) is 5.69 Å². The predicted octanol–water partition coefficient (Wildman–Crippen LogP) is 3.59. The van der Waals surface area contributed by atoms with E-state index in [2.05, 4.69) is 39.6 Å². The Hall–Kier alpha value is -3.41. The minimum absolute atomic E-state index is 0.00549. The van der Waals surface area contributed by atoms with E-state index in [1.807, 2.05) is 53.3 Å². The zero-order chi connectivity index (χ0) is 19.1. The SMILES string of the molecule is Cn1cc(C2CCN(C(=O)c3cc(-c4ccc5ccccc5c4)n[nH]3)C2)cn1. The Bertz CT molecular complexity index is 1160. The number of hydrogen-bond donors (Lipinski definition) is 1. The van der Waals surface area contributed by atoms with Gasteiger partial charge in [-0.2, -0.15) is 10.2 Å². The quantitative estimate of drug-likeness (QED) is 0.598. The van der Waals surface area contributed by atoms with Crippen LogP contribution in [0.4, 0.5) is 0 Å². The van der Waals surface area contributed by atoms with E-state index in [4.69, 9.17) is 0 Å². The molecule has 1 atom stereocenters. The number of aromatic nitrogens is 4. The zero-order valence-electron chi connectivity index (χ0n) is 15.7. The van der Waals surface area contributed by atoms with Crippen molar-refractivity contribution in [3.8, 4) is 11.3 Å². The highest BCUT2D eigenvalue weighted by atomic mass is 16.2. The average Bonchev–Trinajstić information content (AvgIpc) is 3.47. The predicted molar refractivity (Wildman–Crippen MR) is 108 cm³/mol. The maximum absolute atomic E-state index is 12.9. The van der Waals surface area contributed by atoms with Gasteiger partial charge in [-0.05, 0) is 34.9 Å². The van der Waals surface area contributed by atoms with Gasteiger partial charge >= 0.3 is 0 Å². The normalized spacial score (nSPS) is 16.8. The van der Waals surface area contributed by atoms with Gasteiger partial charge in [0.15, 0.2) is 0 Å². The first-order valence-electron chi connectivity index (χ1n) is 9.50. The van der Waals surface area contributed by atoms with Crippen LogP contribution in [0.5, 0.6) is 0 Å². The number of benzene rings is 2. The lowest BCUT2D eigenvalue weighted by Gasteiger charge is -2.14.